The predicted octanol–water partition coefficient (Wildman–Crippen LogP) is -2.83. The van der Waals surface area contributed by atoms with E-state index in [-0.39, 0.29) is 68.9 Å². The van der Waals surface area contributed by atoms with Gasteiger partial charge in [0.2, 0.25) is 100 Å². The van der Waals surface area contributed by atoms with Crippen LogP contribution >= 0.6 is 25.3 Å². The smallest absolute Gasteiger partial charge is 0.245 e. The van der Waals surface area contributed by atoms with E-state index in [1.165, 1.54) is 30.5 Å². The van der Waals surface area contributed by atoms with Crippen molar-refractivity contribution in [2.45, 2.75) is 204 Å². The summed E-state index contributed by atoms with van der Waals surface area (Å²) < 4.78 is 0. The lowest BCUT2D eigenvalue weighted by Gasteiger charge is -2.29. The van der Waals surface area contributed by atoms with Gasteiger partial charge < -0.3 is 118 Å². The number of hydrogen-bond acceptors (Lipinski definition) is 22. The number of thiol groups is 2. The molecule has 125 heavy (non-hydrogen) atoms. The minimum absolute atomic E-state index is 0.0421. The van der Waals surface area contributed by atoms with E-state index in [1.54, 1.807) is 113 Å². The van der Waals surface area contributed by atoms with E-state index < -0.39 is 223 Å². The number of phenols is 1. The van der Waals surface area contributed by atoms with Crippen molar-refractivity contribution in [3.63, 3.8) is 0 Å². The molecule has 0 saturated carbocycles. The van der Waals surface area contributed by atoms with Crippen LogP contribution in [0.5, 0.6) is 5.75 Å². The largest absolute Gasteiger partial charge is 0.508 e. The second-order valence-corrected chi connectivity index (χ2v) is 31.7. The molecule has 0 aliphatic heterocycles. The maximum absolute atomic E-state index is 15.3. The number of aromatic hydroxyl groups is 1. The van der Waals surface area contributed by atoms with Crippen LogP contribution in [-0.2, 0) is 107 Å². The molecule has 0 radical (unpaired) electrons. The maximum atomic E-state index is 15.3. The molecular weight excluding hydrogens is 1660 g/mol. The summed E-state index contributed by atoms with van der Waals surface area (Å²) in [6.45, 7) is 8.69. The van der Waals surface area contributed by atoms with Crippen LogP contribution in [0.3, 0.4) is 0 Å². The average molecular weight is 1770 g/mol. The lowest BCUT2D eigenvalue weighted by Crippen LogP contribution is -2.62. The molecule has 0 aliphatic carbocycles. The van der Waals surface area contributed by atoms with Crippen LogP contribution < -0.4 is 97.4 Å². The number of benzene rings is 4. The Morgan fingerprint density at radius 2 is 0.808 bits per heavy atom. The molecule has 0 bridgehead atoms. The Kier molecular flexibility index (Phi) is 41.1. The number of fused-ring (bicyclic) bond motifs is 2. The molecule has 678 valence electrons. The molecule has 0 saturated heterocycles. The van der Waals surface area contributed by atoms with Crippen LogP contribution in [0.2, 0.25) is 0 Å². The van der Waals surface area contributed by atoms with Crippen LogP contribution in [0.1, 0.15) is 122 Å². The zero-order valence-electron chi connectivity index (χ0n) is 70.4. The van der Waals surface area contributed by atoms with Crippen LogP contribution in [0.15, 0.2) is 116 Å². The third kappa shape index (κ3) is 33.5. The van der Waals surface area contributed by atoms with Gasteiger partial charge in [-0.2, -0.15) is 25.3 Å². The van der Waals surface area contributed by atoms with E-state index in [0.717, 1.165) is 13.8 Å². The highest BCUT2D eigenvalue weighted by molar-refractivity contribution is 7.80. The summed E-state index contributed by atoms with van der Waals surface area (Å²) in [6.07, 6.45) is -0.447. The van der Waals surface area contributed by atoms with E-state index in [2.05, 4.69) is 110 Å². The molecular formula is C84H116N20O19S2. The van der Waals surface area contributed by atoms with Gasteiger partial charge in [-0.25, -0.2) is 0 Å². The number of aromatic nitrogens is 2. The van der Waals surface area contributed by atoms with Crippen LogP contribution in [0.25, 0.3) is 21.8 Å². The molecule has 0 spiro atoms. The molecule has 6 aromatic rings. The number of aromatic amines is 2. The molecule has 39 nitrogen and oxygen atoms in total. The van der Waals surface area contributed by atoms with Crippen molar-refractivity contribution in [3.05, 3.63) is 138 Å². The Bertz CT molecular complexity index is 4740. The molecule has 4 aromatic carbocycles. The zero-order chi connectivity index (χ0) is 92.1. The number of phenolic OH excluding ortho intramolecular Hbond substituents is 1. The number of H-pyrrole nitrogens is 2. The third-order valence-corrected chi connectivity index (χ3v) is 20.8. The third-order valence-electron chi connectivity index (χ3n) is 20.1. The van der Waals surface area contributed by atoms with E-state index in [0.29, 0.717) is 63.4 Å². The molecule has 2 aromatic heterocycles. The fraction of sp³-hybridized carbons (Fsp3) is 0.464. The van der Waals surface area contributed by atoms with Crippen molar-refractivity contribution in [1.82, 2.24) is 84.4 Å². The van der Waals surface area contributed by atoms with Crippen LogP contribution in [-0.4, -0.2) is 230 Å². The first-order valence-electron chi connectivity index (χ1n) is 40.9. The highest BCUT2D eigenvalue weighted by Crippen LogP contribution is 2.23. The normalized spacial score (nSPS) is 14.3. The van der Waals surface area contributed by atoms with Gasteiger partial charge in [0, 0.05) is 104 Å². The Labute approximate surface area is 733 Å². The van der Waals surface area contributed by atoms with Crippen molar-refractivity contribution in [2.24, 2.45) is 34.8 Å². The summed E-state index contributed by atoms with van der Waals surface area (Å²) in [7, 11) is 0. The summed E-state index contributed by atoms with van der Waals surface area (Å²) >= 11 is 8.50. The Balaban J connectivity index is 1.25. The predicted molar refractivity (Wildman–Crippen MR) is 468 cm³/mol. The topological polar surface area (TPSA) is 635 Å². The van der Waals surface area contributed by atoms with E-state index >= 15 is 9.59 Å². The van der Waals surface area contributed by atoms with Gasteiger partial charge in [-0.1, -0.05) is 107 Å². The number of para-hydroxylation sites is 2. The fourth-order valence-electron chi connectivity index (χ4n) is 13.4. The maximum Gasteiger partial charge on any atom is 0.245 e. The van der Waals surface area contributed by atoms with Crippen molar-refractivity contribution in [3.8, 4) is 5.75 Å². The molecule has 0 fully saturated rings. The number of nitrogens with one attached hydrogen (secondary N) is 16. The number of amides is 17. The number of rotatable bonds is 53. The quantitative estimate of drug-likeness (QED) is 0.0135. The Hall–Kier alpha value is -12.6. The van der Waals surface area contributed by atoms with Gasteiger partial charge in [0.05, 0.1) is 12.6 Å². The standard InChI is InChI=1S/C84H116N20O19S2/c1-44(2)34-60(80(119)103-71(45(3)4)83(122)100-61(35-48-16-8-7-9-17-48)74(113)92-41-70(111)89-33-31-69(110)94-57(73(88)112)22-14-15-32-85)97-79(118)63(37-50-39-90-55-20-12-10-18-53(50)55)99-77(116)62(36-49-23-25-52(107)26-24-49)98-82(121)66(43-125)102-75(114)58(27-29-67(86)108)95-78(117)64(38-51-40-91-56-21-13-11-19-54(51)56)101-84(123)72(46(5)105)104-76(115)59(28-30-68(87)109)96-81(120)65(42-124)93-47(6)106/h7-13,16-21,23-26,39-40,44-46,57-66,71-72,90-91,105,107,124-125H,14-15,22,27-38,41-43,85H2,1-6H3,(H2,86,108)(H2,87,109)(H2,88,112)(H,89,111)(H,92,113)(H,93,106)(H,94,110)(H,95,117)(H,96,120)(H,97,118)(H,98,121)(H,99,116)(H,100,122)(H,101,123)(H,102,114)(H,103,119)(H,104,115)/t46-,57-,58+,59+,60-,61+,62+,63+,64+,65+,66+,71+,72+/m1/s1. The minimum Gasteiger partial charge on any atom is -0.508 e. The number of nitrogens with two attached hydrogens (primary N) is 4. The number of unbranched alkanes of at least 4 members (excludes halogenated alkanes) is 1. The van der Waals surface area contributed by atoms with Crippen molar-refractivity contribution < 1.29 is 91.7 Å². The monoisotopic (exact) mass is 1770 g/mol. The van der Waals surface area contributed by atoms with Crippen molar-refractivity contribution >= 4 is 147 Å². The van der Waals surface area contributed by atoms with E-state index in [4.69, 9.17) is 22.9 Å². The van der Waals surface area contributed by atoms with Gasteiger partial charge >= 0.3 is 0 Å². The first-order chi connectivity index (χ1) is 59.4. The molecule has 6 rings (SSSR count). The molecule has 26 N–H and O–H groups in total. The van der Waals surface area contributed by atoms with Crippen molar-refractivity contribution in [2.75, 3.05) is 31.1 Å². The molecule has 17 amide bonds. The highest BCUT2D eigenvalue weighted by Gasteiger charge is 2.39. The van der Waals surface area contributed by atoms with Gasteiger partial charge in [-0.05, 0) is 110 Å². The van der Waals surface area contributed by atoms with E-state index in [9.17, 15) is 82.1 Å². The number of aliphatic hydroxyl groups is 1. The van der Waals surface area contributed by atoms with Gasteiger partial charge in [0.15, 0.2) is 0 Å². The summed E-state index contributed by atoms with van der Waals surface area (Å²) in [4.78, 5) is 241. The molecule has 2 heterocycles. The average Bonchev–Trinajstić information content (AvgIpc) is 1.31. The summed E-state index contributed by atoms with van der Waals surface area (Å²) in [5.74, 6) is -17.2. The SMILES string of the molecule is CC(=O)N[C@@H](CS)C(=O)N[C@@H](CCC(N)=O)C(=O)N[C@H](C(=O)N[C@@H](Cc1c[nH]c2ccccc12)C(=O)N[C@@H](CCC(N)=O)C(=O)N[C@@H](CS)C(=O)N[C@@H](Cc1ccc(O)cc1)C(=O)N[C@@H](Cc1c[nH]c2ccccc12)C(=O)N[C@H](CC(C)C)C(=O)N[C@H](C(=O)N[C@@H](Cc1ccccc1)C(=O)NCC(=O)NCCC(=O)N[C@H](CCCCN)C(N)=O)C(C)C)[C@@H](C)O. The first kappa shape index (κ1) is 101. The zero-order valence-corrected chi connectivity index (χ0v) is 72.2. The number of carbonyl (C=O) groups excluding carboxylic acids is 17. The van der Waals surface area contributed by atoms with Gasteiger partial charge in [-0.15, -0.1) is 0 Å². The second kappa shape index (κ2) is 50.8. The number of aliphatic hydroxyl groups excluding tert-OH is 1. The highest BCUT2D eigenvalue weighted by atomic mass is 32.1. The lowest BCUT2D eigenvalue weighted by molar-refractivity contribution is -0.137. The number of primary amides is 3. The molecule has 13 atom stereocenters. The van der Waals surface area contributed by atoms with Crippen molar-refractivity contribution in [1.29, 1.82) is 0 Å². The molecule has 41 heteroatoms. The van der Waals surface area contributed by atoms with Gasteiger partial charge in [-0.3, -0.25) is 81.5 Å². The van der Waals surface area contributed by atoms with E-state index in [1.807, 2.05) is 0 Å². The second-order valence-electron chi connectivity index (χ2n) is 31.0. The summed E-state index contributed by atoms with van der Waals surface area (Å²) in [5.41, 5.74) is 25.1. The Morgan fingerprint density at radius 3 is 1.28 bits per heavy atom. The Morgan fingerprint density at radius 1 is 0.400 bits per heavy atom. The fourth-order valence-corrected chi connectivity index (χ4v) is 13.9. The van der Waals surface area contributed by atoms with Crippen LogP contribution in [0.4, 0.5) is 0 Å². The number of carbonyl (C=O) groups is 17. The first-order valence-corrected chi connectivity index (χ1v) is 42.2. The molecule has 0 unspecified atom stereocenters. The van der Waals surface area contributed by atoms with Crippen LogP contribution in [0, 0.1) is 11.8 Å². The lowest BCUT2D eigenvalue weighted by atomic mass is 9.98. The van der Waals surface area contributed by atoms with Gasteiger partial charge in [0.1, 0.15) is 78.3 Å². The minimum atomic E-state index is -1.91. The van der Waals surface area contributed by atoms with Gasteiger partial charge in [0.25, 0.3) is 0 Å². The number of hydrogen-bond donors (Lipinski definition) is 24. The molecule has 0 aliphatic rings. The summed E-state index contributed by atoms with van der Waals surface area (Å²) in [5, 5.41) is 58.6. The summed E-state index contributed by atoms with van der Waals surface area (Å²) in [6, 6.07) is 9.77.